The molecule has 4 heteroatoms. The first-order valence-electron chi connectivity index (χ1n) is 6.68. The normalized spacial score (nSPS) is 22.5. The average molecular weight is 264 g/mol. The van der Waals surface area contributed by atoms with Gasteiger partial charge in [-0.3, -0.25) is 4.90 Å². The summed E-state index contributed by atoms with van der Waals surface area (Å²) in [5, 5.41) is 0. The number of hydrogen-bond acceptors (Lipinski definition) is 4. The number of likely N-dealkylation sites (tertiary alicyclic amines) is 1. The molecule has 1 aromatic carbocycles. The number of hydrogen-bond donors (Lipinski definition) is 1. The molecule has 1 aliphatic heterocycles. The smallest absolute Gasteiger partial charge is 0.123 e. The van der Waals surface area contributed by atoms with Gasteiger partial charge in [-0.1, -0.05) is 0 Å². The van der Waals surface area contributed by atoms with Crippen LogP contribution in [0.4, 0.5) is 0 Å². The van der Waals surface area contributed by atoms with E-state index in [1.807, 2.05) is 18.2 Å². The molecule has 106 valence electrons. The van der Waals surface area contributed by atoms with Gasteiger partial charge in [0.05, 0.1) is 14.2 Å². The highest BCUT2D eigenvalue weighted by Crippen LogP contribution is 2.32. The van der Waals surface area contributed by atoms with Gasteiger partial charge >= 0.3 is 0 Å². The molecule has 1 saturated heterocycles. The molecule has 1 fully saturated rings. The fourth-order valence-electron chi connectivity index (χ4n) is 2.86. The van der Waals surface area contributed by atoms with E-state index in [1.54, 1.807) is 14.2 Å². The molecule has 1 atom stereocenters. The molecule has 2 N–H and O–H groups in total. The molecule has 19 heavy (non-hydrogen) atoms. The lowest BCUT2D eigenvalue weighted by molar-refractivity contribution is 0.164. The molecule has 0 bridgehead atoms. The van der Waals surface area contributed by atoms with Crippen molar-refractivity contribution in [3.05, 3.63) is 23.8 Å². The van der Waals surface area contributed by atoms with E-state index in [4.69, 9.17) is 15.2 Å². The van der Waals surface area contributed by atoms with Crippen LogP contribution in [0.1, 0.15) is 25.8 Å². The maximum atomic E-state index is 6.08. The van der Waals surface area contributed by atoms with Crippen LogP contribution < -0.4 is 15.2 Å². The second-order valence-electron chi connectivity index (χ2n) is 5.83. The highest BCUT2D eigenvalue weighted by Gasteiger charge is 2.36. The lowest BCUT2D eigenvalue weighted by Gasteiger charge is -2.31. The summed E-state index contributed by atoms with van der Waals surface area (Å²) in [7, 11) is 3.38. The number of benzene rings is 1. The maximum absolute atomic E-state index is 6.08. The molecule has 2 rings (SSSR count). The van der Waals surface area contributed by atoms with Gasteiger partial charge in [0.15, 0.2) is 0 Å². The number of rotatable bonds is 4. The van der Waals surface area contributed by atoms with E-state index in [0.717, 1.165) is 36.6 Å². The number of methoxy groups -OCH3 is 2. The Morgan fingerprint density at radius 1 is 1.32 bits per heavy atom. The molecule has 0 saturated carbocycles. The van der Waals surface area contributed by atoms with Gasteiger partial charge in [-0.05, 0) is 38.5 Å². The van der Waals surface area contributed by atoms with E-state index in [0.29, 0.717) is 0 Å². The van der Waals surface area contributed by atoms with Crippen molar-refractivity contribution in [1.29, 1.82) is 0 Å². The Morgan fingerprint density at radius 3 is 2.58 bits per heavy atom. The Labute approximate surface area is 115 Å². The van der Waals surface area contributed by atoms with Crippen LogP contribution >= 0.6 is 0 Å². The Kier molecular flexibility index (Phi) is 4.02. The Hall–Kier alpha value is -1.26. The molecular weight excluding hydrogens is 240 g/mol. The molecular formula is C15H24N2O2. The Bertz CT molecular complexity index is 446. The van der Waals surface area contributed by atoms with E-state index in [1.165, 1.54) is 0 Å². The van der Waals surface area contributed by atoms with Crippen molar-refractivity contribution in [2.24, 2.45) is 5.73 Å². The van der Waals surface area contributed by atoms with Crippen molar-refractivity contribution in [3.63, 3.8) is 0 Å². The largest absolute Gasteiger partial charge is 0.497 e. The Balaban J connectivity index is 2.22. The van der Waals surface area contributed by atoms with E-state index >= 15 is 0 Å². The number of nitrogens with zero attached hydrogens (tertiary/aromatic N) is 1. The maximum Gasteiger partial charge on any atom is 0.123 e. The van der Waals surface area contributed by atoms with Gasteiger partial charge in [0.1, 0.15) is 11.5 Å². The molecule has 1 unspecified atom stereocenters. The predicted molar refractivity (Wildman–Crippen MR) is 76.6 cm³/mol. The topological polar surface area (TPSA) is 47.7 Å². The van der Waals surface area contributed by atoms with Crippen LogP contribution in [-0.4, -0.2) is 37.2 Å². The minimum atomic E-state index is 0.132. The second-order valence-corrected chi connectivity index (χ2v) is 5.83. The summed E-state index contributed by atoms with van der Waals surface area (Å²) < 4.78 is 10.7. The summed E-state index contributed by atoms with van der Waals surface area (Å²) in [6.07, 6.45) is 1.03. The minimum Gasteiger partial charge on any atom is -0.497 e. The first kappa shape index (κ1) is 14.2. The van der Waals surface area contributed by atoms with Gasteiger partial charge in [-0.2, -0.15) is 0 Å². The quantitative estimate of drug-likeness (QED) is 0.904. The SMILES string of the molecule is COc1ccc(OC)c(CN2CC(N)CC2(C)C)c1. The van der Waals surface area contributed by atoms with Gasteiger partial charge in [0, 0.05) is 30.2 Å². The van der Waals surface area contributed by atoms with Crippen molar-refractivity contribution in [2.75, 3.05) is 20.8 Å². The van der Waals surface area contributed by atoms with E-state index in [2.05, 4.69) is 18.7 Å². The van der Waals surface area contributed by atoms with Crippen LogP contribution in [0, 0.1) is 0 Å². The van der Waals surface area contributed by atoms with Crippen LogP contribution in [0.5, 0.6) is 11.5 Å². The van der Waals surface area contributed by atoms with Gasteiger partial charge in [0.2, 0.25) is 0 Å². The fourth-order valence-corrected chi connectivity index (χ4v) is 2.86. The molecule has 4 nitrogen and oxygen atoms in total. The minimum absolute atomic E-state index is 0.132. The van der Waals surface area contributed by atoms with E-state index in [-0.39, 0.29) is 11.6 Å². The van der Waals surface area contributed by atoms with Crippen LogP contribution in [-0.2, 0) is 6.54 Å². The summed E-state index contributed by atoms with van der Waals surface area (Å²) in [5.74, 6) is 1.76. The summed E-state index contributed by atoms with van der Waals surface area (Å²) >= 11 is 0. The lowest BCUT2D eigenvalue weighted by Crippen LogP contribution is -2.37. The third-order valence-corrected chi connectivity index (χ3v) is 3.92. The molecule has 0 spiro atoms. The van der Waals surface area contributed by atoms with Gasteiger partial charge < -0.3 is 15.2 Å². The van der Waals surface area contributed by atoms with Gasteiger partial charge in [-0.15, -0.1) is 0 Å². The molecule has 1 heterocycles. The zero-order valence-corrected chi connectivity index (χ0v) is 12.3. The number of nitrogens with two attached hydrogens (primary N) is 1. The average Bonchev–Trinajstić information content (AvgIpc) is 2.62. The van der Waals surface area contributed by atoms with Crippen molar-refractivity contribution < 1.29 is 9.47 Å². The van der Waals surface area contributed by atoms with Crippen LogP contribution in [0.25, 0.3) is 0 Å². The highest BCUT2D eigenvalue weighted by molar-refractivity contribution is 5.40. The van der Waals surface area contributed by atoms with Crippen molar-refractivity contribution in [2.45, 2.75) is 38.4 Å². The van der Waals surface area contributed by atoms with Crippen molar-refractivity contribution in [3.8, 4) is 11.5 Å². The summed E-state index contributed by atoms with van der Waals surface area (Å²) in [6, 6.07) is 6.17. The molecule has 1 aromatic rings. The molecule has 0 aliphatic carbocycles. The number of ether oxygens (including phenoxy) is 2. The summed E-state index contributed by atoms with van der Waals surface area (Å²) in [6.45, 7) is 6.24. The highest BCUT2D eigenvalue weighted by atomic mass is 16.5. The fraction of sp³-hybridized carbons (Fsp3) is 0.600. The van der Waals surface area contributed by atoms with Crippen molar-refractivity contribution >= 4 is 0 Å². The van der Waals surface area contributed by atoms with Crippen molar-refractivity contribution in [1.82, 2.24) is 4.90 Å². The van der Waals surface area contributed by atoms with E-state index in [9.17, 15) is 0 Å². The van der Waals surface area contributed by atoms with Gasteiger partial charge in [-0.25, -0.2) is 0 Å². The van der Waals surface area contributed by atoms with Crippen LogP contribution in [0.2, 0.25) is 0 Å². The monoisotopic (exact) mass is 264 g/mol. The molecule has 0 aromatic heterocycles. The zero-order chi connectivity index (χ0) is 14.0. The van der Waals surface area contributed by atoms with Gasteiger partial charge in [0.25, 0.3) is 0 Å². The summed E-state index contributed by atoms with van der Waals surface area (Å²) in [5.41, 5.74) is 7.36. The molecule has 1 aliphatic rings. The van der Waals surface area contributed by atoms with E-state index < -0.39 is 0 Å². The first-order chi connectivity index (χ1) is 8.96. The second kappa shape index (κ2) is 5.39. The third kappa shape index (κ3) is 3.01. The zero-order valence-electron chi connectivity index (χ0n) is 12.3. The molecule has 0 amide bonds. The Morgan fingerprint density at radius 2 is 2.05 bits per heavy atom. The standard InChI is InChI=1S/C15H24N2O2/c1-15(2)8-12(16)10-17(15)9-11-7-13(18-3)5-6-14(11)19-4/h5-7,12H,8-10,16H2,1-4H3. The predicted octanol–water partition coefficient (Wildman–Crippen LogP) is 2.02. The lowest BCUT2D eigenvalue weighted by atomic mass is 10.00. The summed E-state index contributed by atoms with van der Waals surface area (Å²) in [4.78, 5) is 2.41. The molecule has 0 radical (unpaired) electrons. The van der Waals surface area contributed by atoms with Crippen LogP contribution in [0.3, 0.4) is 0 Å². The van der Waals surface area contributed by atoms with Crippen LogP contribution in [0.15, 0.2) is 18.2 Å². The third-order valence-electron chi connectivity index (χ3n) is 3.92. The first-order valence-corrected chi connectivity index (χ1v) is 6.68.